The number of hydrogen-bond acceptors (Lipinski definition) is 12. The Hall–Kier alpha value is -3.82. The Morgan fingerprint density at radius 2 is 1.35 bits per heavy atom. The van der Waals surface area contributed by atoms with Gasteiger partial charge in [0.1, 0.15) is 5.56 Å². The summed E-state index contributed by atoms with van der Waals surface area (Å²) in [6.07, 6.45) is 2.77. The van der Waals surface area contributed by atoms with Gasteiger partial charge in [-0.25, -0.2) is 0 Å². The Labute approximate surface area is 235 Å². The topological polar surface area (TPSA) is 223 Å². The number of nitrogens with two attached hydrogens (primary N) is 4. The van der Waals surface area contributed by atoms with Crippen LogP contribution in [0.15, 0.2) is 41.3 Å². The molecule has 14 nitrogen and oxygen atoms in total. The first kappa shape index (κ1) is 27.7. The van der Waals surface area contributed by atoms with Crippen LogP contribution in [0.1, 0.15) is 23.2 Å². The van der Waals surface area contributed by atoms with E-state index in [1.165, 1.54) is 12.3 Å². The molecule has 0 spiro atoms. The Kier molecular flexibility index (Phi) is 8.14. The zero-order valence-corrected chi connectivity index (χ0v) is 22.5. The van der Waals surface area contributed by atoms with E-state index in [1.807, 2.05) is 9.80 Å². The number of amides is 1. The minimum atomic E-state index is -0.577. The van der Waals surface area contributed by atoms with Crippen LogP contribution in [0.3, 0.4) is 0 Å². The van der Waals surface area contributed by atoms with E-state index < -0.39 is 11.5 Å². The SMILES string of the molecule is N[C@@H]1C[C@H](N)CN(c2nc(Nc3ccc(NC(=O)c4cc(Cl)c[nH]c4=O)cc3)nc(N3C[C@H](N)C[C@H](N)C3)n2)C1. The molecule has 1 amide bonds. The van der Waals surface area contributed by atoms with Crippen molar-refractivity contribution in [1.82, 2.24) is 19.9 Å². The van der Waals surface area contributed by atoms with Gasteiger partial charge >= 0.3 is 0 Å². The number of rotatable bonds is 6. The standard InChI is InChI=1S/C25H33ClN12O2/c26-13-5-20(21(39)31-8-13)22(40)32-18-1-3-19(4-2-18)33-23-34-24(37-9-14(27)6-15(28)10-37)36-25(35-23)38-11-16(29)7-17(30)12-38/h1-5,8,14-17H,6-7,9-12,27-30H2,(H,31,39)(H,32,40)(H,33,34,35,36)/t14-,15+,16-,17+. The van der Waals surface area contributed by atoms with Crippen LogP contribution in [0.25, 0.3) is 0 Å². The number of hydrogen-bond donors (Lipinski definition) is 7. The summed E-state index contributed by atoms with van der Waals surface area (Å²) in [6, 6.07) is 7.81. The van der Waals surface area contributed by atoms with Crippen molar-refractivity contribution in [3.63, 3.8) is 0 Å². The number of anilines is 5. The molecule has 0 aliphatic carbocycles. The maximum atomic E-state index is 12.6. The fourth-order valence-electron chi connectivity index (χ4n) is 4.97. The molecule has 2 aliphatic heterocycles. The molecule has 0 bridgehead atoms. The summed E-state index contributed by atoms with van der Waals surface area (Å²) >= 11 is 5.91. The van der Waals surface area contributed by atoms with Crippen molar-refractivity contribution in [3.8, 4) is 0 Å². The number of aromatic nitrogens is 4. The van der Waals surface area contributed by atoms with Gasteiger partial charge in [-0.15, -0.1) is 0 Å². The van der Waals surface area contributed by atoms with Crippen LogP contribution >= 0.6 is 11.6 Å². The monoisotopic (exact) mass is 568 g/mol. The molecule has 2 saturated heterocycles. The molecule has 15 heteroatoms. The van der Waals surface area contributed by atoms with Gasteiger partial charge < -0.3 is 48.4 Å². The summed E-state index contributed by atoms with van der Waals surface area (Å²) in [7, 11) is 0. The lowest BCUT2D eigenvalue weighted by atomic mass is 10.0. The zero-order valence-electron chi connectivity index (χ0n) is 21.8. The number of halogens is 1. The van der Waals surface area contributed by atoms with Crippen molar-refractivity contribution in [2.75, 3.05) is 46.6 Å². The first-order chi connectivity index (χ1) is 19.1. The second kappa shape index (κ2) is 11.7. The molecule has 1 aromatic carbocycles. The van der Waals surface area contributed by atoms with E-state index in [0.29, 0.717) is 55.4 Å². The van der Waals surface area contributed by atoms with Crippen molar-refractivity contribution in [2.24, 2.45) is 22.9 Å². The third-order valence-electron chi connectivity index (χ3n) is 6.72. The molecule has 4 heterocycles. The van der Waals surface area contributed by atoms with Gasteiger partial charge in [0.15, 0.2) is 0 Å². The maximum absolute atomic E-state index is 12.6. The summed E-state index contributed by atoms with van der Waals surface area (Å²) in [4.78, 5) is 44.9. The lowest BCUT2D eigenvalue weighted by Crippen LogP contribution is -2.54. The largest absolute Gasteiger partial charge is 0.338 e. The average Bonchev–Trinajstić information content (AvgIpc) is 2.90. The predicted molar refractivity (Wildman–Crippen MR) is 155 cm³/mol. The Morgan fingerprint density at radius 1 is 0.850 bits per heavy atom. The number of aromatic amines is 1. The Bertz CT molecular complexity index is 1350. The minimum Gasteiger partial charge on any atom is -0.338 e. The molecule has 0 unspecified atom stereocenters. The van der Waals surface area contributed by atoms with Gasteiger partial charge in [0.25, 0.3) is 11.5 Å². The van der Waals surface area contributed by atoms with E-state index in [4.69, 9.17) is 39.5 Å². The molecule has 0 radical (unpaired) electrons. The smallest absolute Gasteiger partial charge is 0.261 e. The van der Waals surface area contributed by atoms with Crippen LogP contribution in [0.2, 0.25) is 5.02 Å². The molecule has 5 rings (SSSR count). The molecule has 0 saturated carbocycles. The highest BCUT2D eigenvalue weighted by Gasteiger charge is 2.28. The van der Waals surface area contributed by atoms with Crippen LogP contribution in [-0.4, -0.2) is 76.2 Å². The fourth-order valence-corrected chi connectivity index (χ4v) is 5.13. The first-order valence-electron chi connectivity index (χ1n) is 13.0. The molecule has 2 aliphatic rings. The van der Waals surface area contributed by atoms with Crippen molar-refractivity contribution in [1.29, 1.82) is 0 Å². The normalized spacial score (nSPS) is 23.1. The van der Waals surface area contributed by atoms with Crippen molar-refractivity contribution >= 4 is 46.7 Å². The molecule has 2 aromatic heterocycles. The summed E-state index contributed by atoms with van der Waals surface area (Å²) in [5, 5.41) is 6.15. The fraction of sp³-hybridized carbons (Fsp3) is 0.400. The van der Waals surface area contributed by atoms with Crippen LogP contribution in [-0.2, 0) is 0 Å². The lowest BCUT2D eigenvalue weighted by Gasteiger charge is -2.37. The number of nitrogens with one attached hydrogen (secondary N) is 3. The van der Waals surface area contributed by atoms with E-state index in [1.54, 1.807) is 24.3 Å². The van der Waals surface area contributed by atoms with Crippen molar-refractivity contribution in [3.05, 3.63) is 57.5 Å². The molecular weight excluding hydrogens is 536 g/mol. The molecule has 212 valence electrons. The van der Waals surface area contributed by atoms with Crippen molar-refractivity contribution in [2.45, 2.75) is 37.0 Å². The maximum Gasteiger partial charge on any atom is 0.261 e. The van der Waals surface area contributed by atoms with E-state index in [9.17, 15) is 9.59 Å². The van der Waals surface area contributed by atoms with E-state index in [2.05, 4.69) is 25.6 Å². The second-order valence-corrected chi connectivity index (χ2v) is 10.7. The summed E-state index contributed by atoms with van der Waals surface area (Å²) in [5.41, 5.74) is 25.4. The number of carbonyl (C=O) groups excluding carboxylic acids is 1. The highest BCUT2D eigenvalue weighted by atomic mass is 35.5. The molecule has 40 heavy (non-hydrogen) atoms. The third kappa shape index (κ3) is 6.66. The molecule has 3 aromatic rings. The zero-order chi connectivity index (χ0) is 28.4. The third-order valence-corrected chi connectivity index (χ3v) is 6.94. The summed E-state index contributed by atoms with van der Waals surface area (Å²) in [5.74, 6) is 0.665. The Morgan fingerprint density at radius 3 is 1.88 bits per heavy atom. The molecule has 11 N–H and O–H groups in total. The Balaban J connectivity index is 1.37. The molecular formula is C25H33ClN12O2. The quantitative estimate of drug-likeness (QED) is 0.208. The van der Waals surface area contributed by atoms with Crippen LogP contribution in [0.4, 0.5) is 29.2 Å². The first-order valence-corrected chi connectivity index (χ1v) is 13.4. The van der Waals surface area contributed by atoms with Crippen LogP contribution in [0.5, 0.6) is 0 Å². The predicted octanol–water partition coefficient (Wildman–Crippen LogP) is -0.0614. The summed E-state index contributed by atoms with van der Waals surface area (Å²) < 4.78 is 0. The number of nitrogens with zero attached hydrogens (tertiary/aromatic N) is 5. The molecule has 2 fully saturated rings. The number of pyridine rings is 1. The van der Waals surface area contributed by atoms with Gasteiger partial charge in [-0.1, -0.05) is 11.6 Å². The number of carbonyl (C=O) groups is 1. The van der Waals surface area contributed by atoms with Gasteiger partial charge in [0.2, 0.25) is 17.8 Å². The van der Waals surface area contributed by atoms with E-state index in [0.717, 1.165) is 12.8 Å². The van der Waals surface area contributed by atoms with Crippen LogP contribution < -0.4 is 48.9 Å². The minimum absolute atomic E-state index is 0.0887. The average molecular weight is 569 g/mol. The molecule has 4 atom stereocenters. The second-order valence-electron chi connectivity index (χ2n) is 10.3. The number of H-pyrrole nitrogens is 1. The van der Waals surface area contributed by atoms with Gasteiger partial charge in [0, 0.05) is 67.9 Å². The lowest BCUT2D eigenvalue weighted by molar-refractivity contribution is 0.102. The van der Waals surface area contributed by atoms with Gasteiger partial charge in [-0.2, -0.15) is 15.0 Å². The highest BCUT2D eigenvalue weighted by molar-refractivity contribution is 6.30. The van der Waals surface area contributed by atoms with Crippen molar-refractivity contribution < 1.29 is 4.79 Å². The van der Waals surface area contributed by atoms with Crippen LogP contribution in [0, 0.1) is 0 Å². The van der Waals surface area contributed by atoms with E-state index >= 15 is 0 Å². The van der Waals surface area contributed by atoms with E-state index in [-0.39, 0.29) is 34.8 Å². The number of benzene rings is 1. The highest BCUT2D eigenvalue weighted by Crippen LogP contribution is 2.24. The summed E-state index contributed by atoms with van der Waals surface area (Å²) in [6.45, 7) is 2.28. The van der Waals surface area contributed by atoms with Gasteiger partial charge in [0.05, 0.1) is 5.02 Å². The number of piperidine rings is 2. The van der Waals surface area contributed by atoms with Gasteiger partial charge in [-0.3, -0.25) is 9.59 Å². The van der Waals surface area contributed by atoms with Gasteiger partial charge in [-0.05, 0) is 43.2 Å².